The van der Waals surface area contributed by atoms with Crippen LogP contribution in [0.1, 0.15) is 15.9 Å². The second kappa shape index (κ2) is 6.22. The van der Waals surface area contributed by atoms with Crippen LogP contribution in [0.2, 0.25) is 0 Å². The molecule has 0 fully saturated rings. The van der Waals surface area contributed by atoms with Gasteiger partial charge in [0, 0.05) is 23.8 Å². The number of benzene rings is 2. The van der Waals surface area contributed by atoms with Crippen LogP contribution in [0, 0.1) is 11.6 Å². The molecule has 0 aromatic heterocycles. The van der Waals surface area contributed by atoms with Crippen LogP contribution in [0.5, 0.6) is 0 Å². The third-order valence-electron chi connectivity index (χ3n) is 2.97. The van der Waals surface area contributed by atoms with E-state index in [2.05, 4.69) is 15.9 Å². The largest absolute Gasteiger partial charge is 0.399 e. The molecule has 2 aromatic carbocycles. The van der Waals surface area contributed by atoms with E-state index >= 15 is 0 Å². The first-order valence-corrected chi connectivity index (χ1v) is 6.92. The number of nitrogens with two attached hydrogens (primary N) is 1. The number of halogens is 3. The van der Waals surface area contributed by atoms with Crippen molar-refractivity contribution >= 4 is 27.5 Å². The second-order valence-corrected chi connectivity index (χ2v) is 5.56. The summed E-state index contributed by atoms with van der Waals surface area (Å²) < 4.78 is 27.8. The molecule has 0 spiro atoms. The van der Waals surface area contributed by atoms with Gasteiger partial charge in [0.1, 0.15) is 17.2 Å². The average molecular weight is 355 g/mol. The van der Waals surface area contributed by atoms with Crippen LogP contribution in [-0.4, -0.2) is 17.9 Å². The SMILES string of the molecule is CN(Cc1ccc(N)cc1)C(=O)c1c(F)cc(Br)cc1F. The van der Waals surface area contributed by atoms with Gasteiger partial charge >= 0.3 is 0 Å². The maximum atomic E-state index is 13.8. The van der Waals surface area contributed by atoms with Crippen LogP contribution < -0.4 is 5.73 Å². The first kappa shape index (κ1) is 15.4. The topological polar surface area (TPSA) is 46.3 Å². The molecule has 0 aliphatic carbocycles. The van der Waals surface area contributed by atoms with Crippen molar-refractivity contribution < 1.29 is 13.6 Å². The van der Waals surface area contributed by atoms with Crippen molar-refractivity contribution in [3.05, 3.63) is 63.6 Å². The smallest absolute Gasteiger partial charge is 0.259 e. The number of nitrogen functional groups attached to an aromatic ring is 1. The van der Waals surface area contributed by atoms with Gasteiger partial charge < -0.3 is 10.6 Å². The molecule has 6 heteroatoms. The zero-order chi connectivity index (χ0) is 15.6. The zero-order valence-electron chi connectivity index (χ0n) is 11.2. The van der Waals surface area contributed by atoms with Crippen LogP contribution in [0.3, 0.4) is 0 Å². The maximum Gasteiger partial charge on any atom is 0.259 e. The monoisotopic (exact) mass is 354 g/mol. The fraction of sp³-hybridized carbons (Fsp3) is 0.133. The quantitative estimate of drug-likeness (QED) is 0.856. The molecule has 1 amide bonds. The summed E-state index contributed by atoms with van der Waals surface area (Å²) in [4.78, 5) is 13.4. The summed E-state index contributed by atoms with van der Waals surface area (Å²) in [6.07, 6.45) is 0. The highest BCUT2D eigenvalue weighted by atomic mass is 79.9. The number of carbonyl (C=O) groups is 1. The number of hydrogen-bond acceptors (Lipinski definition) is 2. The van der Waals surface area contributed by atoms with Crippen molar-refractivity contribution in [1.29, 1.82) is 0 Å². The molecule has 21 heavy (non-hydrogen) atoms. The van der Waals surface area contributed by atoms with Gasteiger partial charge in [-0.3, -0.25) is 4.79 Å². The minimum atomic E-state index is -0.893. The highest BCUT2D eigenvalue weighted by molar-refractivity contribution is 9.10. The number of carbonyl (C=O) groups excluding carboxylic acids is 1. The Hall–Kier alpha value is -1.95. The normalized spacial score (nSPS) is 10.5. The van der Waals surface area contributed by atoms with E-state index in [1.165, 1.54) is 11.9 Å². The summed E-state index contributed by atoms with van der Waals surface area (Å²) in [6, 6.07) is 9.05. The molecule has 110 valence electrons. The van der Waals surface area contributed by atoms with Crippen LogP contribution >= 0.6 is 15.9 Å². The number of rotatable bonds is 3. The Morgan fingerprint density at radius 1 is 1.19 bits per heavy atom. The summed E-state index contributed by atoms with van der Waals surface area (Å²) in [5, 5.41) is 0. The van der Waals surface area contributed by atoms with Gasteiger partial charge in [0.05, 0.1) is 0 Å². The fourth-order valence-electron chi connectivity index (χ4n) is 1.91. The lowest BCUT2D eigenvalue weighted by atomic mass is 10.1. The van der Waals surface area contributed by atoms with Gasteiger partial charge in [-0.05, 0) is 29.8 Å². The van der Waals surface area contributed by atoms with E-state index in [0.29, 0.717) is 5.69 Å². The first-order valence-electron chi connectivity index (χ1n) is 6.13. The van der Waals surface area contributed by atoms with Gasteiger partial charge in [-0.25, -0.2) is 8.78 Å². The second-order valence-electron chi connectivity index (χ2n) is 4.65. The first-order chi connectivity index (χ1) is 9.88. The molecule has 0 aliphatic heterocycles. The molecule has 0 saturated heterocycles. The van der Waals surface area contributed by atoms with Crippen molar-refractivity contribution in [2.24, 2.45) is 0 Å². The van der Waals surface area contributed by atoms with Crippen LogP contribution in [0.4, 0.5) is 14.5 Å². The molecule has 0 unspecified atom stereocenters. The molecule has 2 rings (SSSR count). The number of hydrogen-bond donors (Lipinski definition) is 1. The summed E-state index contributed by atoms with van der Waals surface area (Å²) in [5.74, 6) is -2.50. The van der Waals surface area contributed by atoms with E-state index in [1.807, 2.05) is 0 Å². The van der Waals surface area contributed by atoms with Crippen molar-refractivity contribution in [1.82, 2.24) is 4.90 Å². The highest BCUT2D eigenvalue weighted by Crippen LogP contribution is 2.21. The van der Waals surface area contributed by atoms with Gasteiger partial charge in [-0.2, -0.15) is 0 Å². The maximum absolute atomic E-state index is 13.8. The predicted molar refractivity (Wildman–Crippen MR) is 80.7 cm³/mol. The standard InChI is InChI=1S/C15H13BrF2N2O/c1-20(8-9-2-4-11(19)5-3-9)15(21)14-12(17)6-10(16)7-13(14)18/h2-7H,8,19H2,1H3. The average Bonchev–Trinajstić information content (AvgIpc) is 2.40. The van der Waals surface area contributed by atoms with E-state index in [0.717, 1.165) is 17.7 Å². The third-order valence-corrected chi connectivity index (χ3v) is 3.42. The van der Waals surface area contributed by atoms with E-state index in [1.54, 1.807) is 24.3 Å². The Bertz CT molecular complexity index is 651. The van der Waals surface area contributed by atoms with Gasteiger partial charge in [0.2, 0.25) is 0 Å². The molecule has 3 nitrogen and oxygen atoms in total. The van der Waals surface area contributed by atoms with E-state index < -0.39 is 23.1 Å². The predicted octanol–water partition coefficient (Wildman–Crippen LogP) is 3.58. The lowest BCUT2D eigenvalue weighted by molar-refractivity contribution is 0.0775. The van der Waals surface area contributed by atoms with E-state index in [9.17, 15) is 13.6 Å². The summed E-state index contributed by atoms with van der Waals surface area (Å²) >= 11 is 2.98. The lowest BCUT2D eigenvalue weighted by Crippen LogP contribution is -2.28. The zero-order valence-corrected chi connectivity index (χ0v) is 12.8. The summed E-state index contributed by atoms with van der Waals surface area (Å²) in [6.45, 7) is 0.230. The van der Waals surface area contributed by atoms with E-state index in [4.69, 9.17) is 5.73 Å². The number of nitrogens with zero attached hydrogens (tertiary/aromatic N) is 1. The minimum Gasteiger partial charge on any atom is -0.399 e. The molecule has 0 saturated carbocycles. The Kier molecular flexibility index (Phi) is 4.57. The van der Waals surface area contributed by atoms with Crippen LogP contribution in [-0.2, 0) is 6.54 Å². The van der Waals surface area contributed by atoms with Crippen LogP contribution in [0.15, 0.2) is 40.9 Å². The molecule has 0 atom stereocenters. The Labute approximate surface area is 129 Å². The molecule has 2 N–H and O–H groups in total. The van der Waals surface area contributed by atoms with Crippen LogP contribution in [0.25, 0.3) is 0 Å². The molecule has 0 heterocycles. The summed E-state index contributed by atoms with van der Waals surface area (Å²) in [7, 11) is 1.49. The molecule has 0 bridgehead atoms. The third kappa shape index (κ3) is 3.58. The van der Waals surface area contributed by atoms with Gasteiger partial charge in [0.15, 0.2) is 0 Å². The Morgan fingerprint density at radius 3 is 2.24 bits per heavy atom. The van der Waals surface area contributed by atoms with Crippen molar-refractivity contribution in [3.63, 3.8) is 0 Å². The van der Waals surface area contributed by atoms with Gasteiger partial charge in [0.25, 0.3) is 5.91 Å². The van der Waals surface area contributed by atoms with Crippen molar-refractivity contribution in [3.8, 4) is 0 Å². The Morgan fingerprint density at radius 2 is 1.71 bits per heavy atom. The minimum absolute atomic E-state index is 0.230. The lowest BCUT2D eigenvalue weighted by Gasteiger charge is -2.18. The fourth-order valence-corrected chi connectivity index (χ4v) is 2.31. The number of anilines is 1. The molecule has 0 aliphatic rings. The van der Waals surface area contributed by atoms with Gasteiger partial charge in [-0.1, -0.05) is 28.1 Å². The molecule has 2 aromatic rings. The Balaban J connectivity index is 2.22. The number of amides is 1. The molecule has 0 radical (unpaired) electrons. The highest BCUT2D eigenvalue weighted by Gasteiger charge is 2.21. The molecular weight excluding hydrogens is 342 g/mol. The van der Waals surface area contributed by atoms with Crippen molar-refractivity contribution in [2.75, 3.05) is 12.8 Å². The molecular formula is C15H13BrF2N2O. The summed E-state index contributed by atoms with van der Waals surface area (Å²) in [5.41, 5.74) is 6.45. The van der Waals surface area contributed by atoms with Gasteiger partial charge in [-0.15, -0.1) is 0 Å². The van der Waals surface area contributed by atoms with Crippen molar-refractivity contribution in [2.45, 2.75) is 6.54 Å². The van der Waals surface area contributed by atoms with E-state index in [-0.39, 0.29) is 11.0 Å².